The van der Waals surface area contributed by atoms with Gasteiger partial charge in [-0.2, -0.15) is 0 Å². The van der Waals surface area contributed by atoms with E-state index in [4.69, 9.17) is 9.47 Å². The van der Waals surface area contributed by atoms with Crippen LogP contribution < -0.4 is 0 Å². The molecule has 0 radical (unpaired) electrons. The van der Waals surface area contributed by atoms with Gasteiger partial charge in [0.1, 0.15) is 11.5 Å². The summed E-state index contributed by atoms with van der Waals surface area (Å²) in [7, 11) is 0. The third-order valence-electron chi connectivity index (χ3n) is 3.16. The van der Waals surface area contributed by atoms with Crippen LogP contribution in [0.15, 0.2) is 46.2 Å². The standard InChI is InChI=1S/C18H18O6S/c1-3-23-17(21)11-5-7-13(19)15(9-11)25-16-10-12(6-8-14(16)20)18(22)24-4-2/h5-10,19-20H,3-4H2,1-2H3. The van der Waals surface area contributed by atoms with Crippen LogP contribution >= 0.6 is 11.8 Å². The monoisotopic (exact) mass is 362 g/mol. The molecular formula is C18H18O6S. The summed E-state index contributed by atoms with van der Waals surface area (Å²) in [4.78, 5) is 24.3. The molecule has 0 fully saturated rings. The number of aromatic hydroxyl groups is 2. The lowest BCUT2D eigenvalue weighted by Gasteiger charge is -2.10. The molecule has 2 rings (SSSR count). The smallest absolute Gasteiger partial charge is 0.338 e. The highest BCUT2D eigenvalue weighted by Crippen LogP contribution is 2.39. The number of esters is 2. The molecule has 7 heteroatoms. The van der Waals surface area contributed by atoms with E-state index in [-0.39, 0.29) is 35.8 Å². The van der Waals surface area contributed by atoms with E-state index in [0.717, 1.165) is 11.8 Å². The van der Waals surface area contributed by atoms with Crippen molar-refractivity contribution in [1.82, 2.24) is 0 Å². The van der Waals surface area contributed by atoms with E-state index < -0.39 is 11.9 Å². The zero-order valence-corrected chi connectivity index (χ0v) is 14.6. The van der Waals surface area contributed by atoms with Crippen molar-refractivity contribution in [3.05, 3.63) is 47.5 Å². The number of hydrogen-bond acceptors (Lipinski definition) is 7. The Balaban J connectivity index is 2.32. The maximum atomic E-state index is 11.8. The predicted octanol–water partition coefficient (Wildman–Crippen LogP) is 3.60. The van der Waals surface area contributed by atoms with E-state index >= 15 is 0 Å². The van der Waals surface area contributed by atoms with Crippen molar-refractivity contribution in [3.8, 4) is 11.5 Å². The maximum absolute atomic E-state index is 11.8. The minimum Gasteiger partial charge on any atom is -0.507 e. The summed E-state index contributed by atoms with van der Waals surface area (Å²) in [5.74, 6) is -1.12. The van der Waals surface area contributed by atoms with Crippen molar-refractivity contribution in [2.24, 2.45) is 0 Å². The van der Waals surface area contributed by atoms with Gasteiger partial charge in [-0.1, -0.05) is 11.8 Å². The first-order chi connectivity index (χ1) is 12.0. The fourth-order valence-electron chi connectivity index (χ4n) is 1.99. The van der Waals surface area contributed by atoms with Crippen molar-refractivity contribution in [2.45, 2.75) is 23.6 Å². The van der Waals surface area contributed by atoms with Gasteiger partial charge in [0.2, 0.25) is 0 Å². The summed E-state index contributed by atoms with van der Waals surface area (Å²) in [6, 6.07) is 8.59. The van der Waals surface area contributed by atoms with Gasteiger partial charge in [-0.05, 0) is 50.2 Å². The van der Waals surface area contributed by atoms with Crippen LogP contribution in [0.1, 0.15) is 34.6 Å². The van der Waals surface area contributed by atoms with E-state index in [1.54, 1.807) is 13.8 Å². The quantitative estimate of drug-likeness (QED) is 0.758. The summed E-state index contributed by atoms with van der Waals surface area (Å²) < 4.78 is 9.87. The fraction of sp³-hybridized carbons (Fsp3) is 0.222. The lowest BCUT2D eigenvalue weighted by molar-refractivity contribution is 0.0516. The number of carbonyl (C=O) groups excluding carboxylic acids is 2. The maximum Gasteiger partial charge on any atom is 0.338 e. The number of phenols is 2. The van der Waals surface area contributed by atoms with E-state index in [2.05, 4.69) is 0 Å². The number of rotatable bonds is 6. The largest absolute Gasteiger partial charge is 0.507 e. The molecular weight excluding hydrogens is 344 g/mol. The normalized spacial score (nSPS) is 10.3. The zero-order chi connectivity index (χ0) is 18.4. The average Bonchev–Trinajstić information content (AvgIpc) is 2.59. The van der Waals surface area contributed by atoms with Gasteiger partial charge < -0.3 is 19.7 Å². The highest BCUT2D eigenvalue weighted by Gasteiger charge is 2.15. The molecule has 0 aliphatic heterocycles. The number of benzene rings is 2. The van der Waals surface area contributed by atoms with Crippen LogP contribution in [0.4, 0.5) is 0 Å². The molecule has 0 aliphatic rings. The molecule has 2 aromatic rings. The van der Waals surface area contributed by atoms with Gasteiger partial charge >= 0.3 is 11.9 Å². The van der Waals surface area contributed by atoms with Crippen molar-refractivity contribution in [1.29, 1.82) is 0 Å². The topological polar surface area (TPSA) is 93.1 Å². The molecule has 0 aromatic heterocycles. The Morgan fingerprint density at radius 2 is 1.24 bits per heavy atom. The third-order valence-corrected chi connectivity index (χ3v) is 4.26. The SMILES string of the molecule is CCOC(=O)c1ccc(O)c(Sc2cc(C(=O)OCC)ccc2O)c1. The van der Waals surface area contributed by atoms with Crippen LogP contribution in [0.25, 0.3) is 0 Å². The van der Waals surface area contributed by atoms with Crippen LogP contribution in [0.5, 0.6) is 11.5 Å². The second-order valence-corrected chi connectivity index (χ2v) is 5.99. The first-order valence-electron chi connectivity index (χ1n) is 7.64. The molecule has 0 spiro atoms. The first kappa shape index (κ1) is 18.7. The van der Waals surface area contributed by atoms with Crippen molar-refractivity contribution < 1.29 is 29.3 Å². The van der Waals surface area contributed by atoms with Gasteiger partial charge in [-0.15, -0.1) is 0 Å². The molecule has 132 valence electrons. The van der Waals surface area contributed by atoms with E-state index in [1.807, 2.05) is 0 Å². The molecule has 0 bridgehead atoms. The molecule has 0 saturated carbocycles. The second kappa shape index (κ2) is 8.43. The Morgan fingerprint density at radius 3 is 1.60 bits per heavy atom. The molecule has 0 heterocycles. The number of carbonyl (C=O) groups is 2. The summed E-state index contributed by atoms with van der Waals surface area (Å²) in [6.07, 6.45) is 0. The van der Waals surface area contributed by atoms with Crippen LogP contribution in [-0.4, -0.2) is 35.4 Å². The number of ether oxygens (including phenoxy) is 2. The van der Waals surface area contributed by atoms with Crippen molar-refractivity contribution in [2.75, 3.05) is 13.2 Å². The molecule has 2 N–H and O–H groups in total. The number of phenolic OH excluding ortho intramolecular Hbond substituents is 2. The molecule has 0 saturated heterocycles. The first-order valence-corrected chi connectivity index (χ1v) is 8.46. The van der Waals surface area contributed by atoms with Crippen molar-refractivity contribution in [3.63, 3.8) is 0 Å². The lowest BCUT2D eigenvalue weighted by atomic mass is 10.2. The Morgan fingerprint density at radius 1 is 0.840 bits per heavy atom. The number of hydrogen-bond donors (Lipinski definition) is 2. The van der Waals surface area contributed by atoms with E-state index in [9.17, 15) is 19.8 Å². The summed E-state index contributed by atoms with van der Waals surface area (Å²) in [5.41, 5.74) is 0.561. The summed E-state index contributed by atoms with van der Waals surface area (Å²) in [6.45, 7) is 3.88. The van der Waals surface area contributed by atoms with Gasteiger partial charge in [0.15, 0.2) is 0 Å². The molecule has 0 atom stereocenters. The molecule has 2 aromatic carbocycles. The zero-order valence-electron chi connectivity index (χ0n) is 13.8. The van der Waals surface area contributed by atoms with Crippen LogP contribution in [0.3, 0.4) is 0 Å². The molecule has 0 amide bonds. The second-order valence-electron chi connectivity index (χ2n) is 4.91. The minimum atomic E-state index is -0.506. The summed E-state index contributed by atoms with van der Waals surface area (Å²) in [5, 5.41) is 20.0. The molecule has 0 aliphatic carbocycles. The minimum absolute atomic E-state index is 0.0565. The fourth-order valence-corrected chi connectivity index (χ4v) is 2.95. The Labute approximate surface area is 149 Å². The van der Waals surface area contributed by atoms with E-state index in [0.29, 0.717) is 9.79 Å². The highest BCUT2D eigenvalue weighted by molar-refractivity contribution is 7.99. The van der Waals surface area contributed by atoms with Gasteiger partial charge in [0.25, 0.3) is 0 Å². The Kier molecular flexibility index (Phi) is 6.30. The Bertz CT molecular complexity index is 722. The average molecular weight is 362 g/mol. The van der Waals surface area contributed by atoms with Gasteiger partial charge in [-0.25, -0.2) is 9.59 Å². The predicted molar refractivity (Wildman–Crippen MR) is 92.2 cm³/mol. The van der Waals surface area contributed by atoms with Crippen LogP contribution in [-0.2, 0) is 9.47 Å². The van der Waals surface area contributed by atoms with Crippen LogP contribution in [0, 0.1) is 0 Å². The lowest BCUT2D eigenvalue weighted by Crippen LogP contribution is -2.05. The highest BCUT2D eigenvalue weighted by atomic mass is 32.2. The molecule has 6 nitrogen and oxygen atoms in total. The van der Waals surface area contributed by atoms with Gasteiger partial charge in [-0.3, -0.25) is 0 Å². The van der Waals surface area contributed by atoms with Crippen molar-refractivity contribution >= 4 is 23.7 Å². The third kappa shape index (κ3) is 4.67. The molecule has 0 unspecified atom stereocenters. The Hall–Kier alpha value is -2.67. The van der Waals surface area contributed by atoms with Gasteiger partial charge in [0, 0.05) is 0 Å². The summed E-state index contributed by atoms with van der Waals surface area (Å²) >= 11 is 1.02. The van der Waals surface area contributed by atoms with Crippen LogP contribution in [0.2, 0.25) is 0 Å². The van der Waals surface area contributed by atoms with Gasteiger partial charge in [0.05, 0.1) is 34.1 Å². The molecule has 25 heavy (non-hydrogen) atoms. The van der Waals surface area contributed by atoms with E-state index in [1.165, 1.54) is 36.4 Å².